The zero-order valence-corrected chi connectivity index (χ0v) is 8.41. The molecule has 1 nitrogen and oxygen atoms in total. The van der Waals surface area contributed by atoms with Crippen LogP contribution in [0.1, 0.15) is 5.56 Å². The molecule has 0 aliphatic heterocycles. The second kappa shape index (κ2) is 2.96. The van der Waals surface area contributed by atoms with Gasteiger partial charge < -0.3 is 0 Å². The minimum absolute atomic E-state index is 1.02. The highest BCUT2D eigenvalue weighted by Gasteiger charge is 2.00. The molecule has 3 rings (SSSR count). The van der Waals surface area contributed by atoms with Crippen molar-refractivity contribution in [2.45, 2.75) is 6.92 Å². The van der Waals surface area contributed by atoms with Crippen molar-refractivity contribution in [2.24, 2.45) is 0 Å². The largest absolute Gasteiger partial charge is 0.255 e. The molecule has 0 unspecified atom stereocenters. The molecule has 0 N–H and O–H groups in total. The Morgan fingerprint density at radius 3 is 3.00 bits per heavy atom. The number of pyridine rings is 1. The molecule has 1 heterocycles. The van der Waals surface area contributed by atoms with E-state index in [2.05, 4.69) is 48.3 Å². The van der Waals surface area contributed by atoms with Gasteiger partial charge in [-0.2, -0.15) is 0 Å². The summed E-state index contributed by atoms with van der Waals surface area (Å²) in [7, 11) is 0. The van der Waals surface area contributed by atoms with Crippen LogP contribution in [0.5, 0.6) is 0 Å². The van der Waals surface area contributed by atoms with Gasteiger partial charge in [-0.05, 0) is 31.2 Å². The summed E-state index contributed by atoms with van der Waals surface area (Å²) in [5, 5.41) is 3.41. The van der Waals surface area contributed by atoms with Gasteiger partial charge >= 0.3 is 0 Å². The van der Waals surface area contributed by atoms with Crippen LogP contribution >= 0.6 is 0 Å². The molecular weight excluding hydrogens is 182 g/mol. The predicted molar refractivity (Wildman–Crippen MR) is 61.7 cm³/mol. The van der Waals surface area contributed by atoms with Gasteiger partial charge in [0.1, 0.15) is 0 Å². The lowest BCUT2D eigenvalue weighted by Gasteiger charge is -2.01. The van der Waals surface area contributed by atoms with Gasteiger partial charge in [0.05, 0.1) is 10.9 Å². The molecule has 0 saturated carbocycles. The Balaban J connectivity index is 2.57. The van der Waals surface area contributed by atoms with Crippen LogP contribution in [-0.4, -0.2) is 4.98 Å². The Morgan fingerprint density at radius 2 is 2.07 bits per heavy atom. The second-order valence-corrected chi connectivity index (χ2v) is 3.71. The highest BCUT2D eigenvalue weighted by molar-refractivity contribution is 6.04. The maximum absolute atomic E-state index is 4.40. The topological polar surface area (TPSA) is 12.9 Å². The molecule has 0 spiro atoms. The van der Waals surface area contributed by atoms with Gasteiger partial charge in [0.2, 0.25) is 0 Å². The maximum atomic E-state index is 4.40. The number of fused-ring (bicyclic) bond motifs is 3. The first-order valence-electron chi connectivity index (χ1n) is 4.92. The Labute approximate surface area is 88.4 Å². The van der Waals surface area contributed by atoms with E-state index in [0.717, 1.165) is 10.9 Å². The van der Waals surface area contributed by atoms with E-state index in [1.54, 1.807) is 0 Å². The van der Waals surface area contributed by atoms with Gasteiger partial charge in [-0.15, -0.1) is 0 Å². The van der Waals surface area contributed by atoms with Crippen molar-refractivity contribution in [2.75, 3.05) is 0 Å². The molecular formula is C14H9N. The van der Waals surface area contributed by atoms with Crippen LogP contribution in [0, 0.1) is 19.1 Å². The van der Waals surface area contributed by atoms with E-state index in [-0.39, 0.29) is 0 Å². The normalized spacial score (nSPS) is 10.5. The molecule has 0 fully saturated rings. The van der Waals surface area contributed by atoms with Crippen LogP contribution in [0.25, 0.3) is 21.7 Å². The Bertz CT molecular complexity index is 641. The minimum atomic E-state index is 1.02. The van der Waals surface area contributed by atoms with Crippen LogP contribution in [0.15, 0.2) is 36.5 Å². The summed E-state index contributed by atoms with van der Waals surface area (Å²) >= 11 is 0. The summed E-state index contributed by atoms with van der Waals surface area (Å²) in [5.41, 5.74) is 2.29. The van der Waals surface area contributed by atoms with Crippen molar-refractivity contribution in [1.82, 2.24) is 4.98 Å². The van der Waals surface area contributed by atoms with Gasteiger partial charge in [0, 0.05) is 17.0 Å². The fraction of sp³-hybridized carbons (Fsp3) is 0.0714. The minimum Gasteiger partial charge on any atom is -0.255 e. The van der Waals surface area contributed by atoms with Crippen molar-refractivity contribution < 1.29 is 0 Å². The number of nitrogens with zero attached hydrogens (tertiary/aromatic N) is 1. The van der Waals surface area contributed by atoms with Crippen molar-refractivity contribution in [1.29, 1.82) is 0 Å². The average Bonchev–Trinajstić information content (AvgIpc) is 2.29. The molecule has 0 saturated heterocycles. The molecule has 2 aromatic carbocycles. The fourth-order valence-corrected chi connectivity index (χ4v) is 1.85. The van der Waals surface area contributed by atoms with Gasteiger partial charge in [0.15, 0.2) is 0 Å². The molecule has 0 atom stereocenters. The SMILES string of the molecule is Cc1ccc2ncc3c#cccc3c2c1. The summed E-state index contributed by atoms with van der Waals surface area (Å²) in [4.78, 5) is 4.40. The van der Waals surface area contributed by atoms with Gasteiger partial charge in [-0.25, -0.2) is 0 Å². The maximum Gasteiger partial charge on any atom is 0.0709 e. The second-order valence-electron chi connectivity index (χ2n) is 3.71. The number of rotatable bonds is 0. The first kappa shape index (κ1) is 8.26. The Kier molecular flexibility index (Phi) is 1.63. The molecule has 0 radical (unpaired) electrons. The van der Waals surface area contributed by atoms with E-state index in [4.69, 9.17) is 0 Å². The zero-order chi connectivity index (χ0) is 10.3. The molecule has 1 heteroatoms. The molecule has 3 aromatic rings. The summed E-state index contributed by atoms with van der Waals surface area (Å²) in [6, 6.07) is 16.3. The summed E-state index contributed by atoms with van der Waals surface area (Å²) < 4.78 is 0. The third-order valence-corrected chi connectivity index (χ3v) is 2.61. The van der Waals surface area contributed by atoms with E-state index in [0.29, 0.717) is 0 Å². The van der Waals surface area contributed by atoms with Crippen molar-refractivity contribution >= 4 is 21.7 Å². The Hall–Kier alpha value is -2.07. The average molecular weight is 191 g/mol. The van der Waals surface area contributed by atoms with Gasteiger partial charge in [-0.3, -0.25) is 4.98 Å². The quantitative estimate of drug-likeness (QED) is 0.531. The van der Waals surface area contributed by atoms with Gasteiger partial charge in [-0.1, -0.05) is 23.8 Å². The van der Waals surface area contributed by atoms with E-state index in [1.165, 1.54) is 16.3 Å². The first-order chi connectivity index (χ1) is 7.34. The third kappa shape index (κ3) is 1.23. The highest BCUT2D eigenvalue weighted by atomic mass is 14.6. The molecule has 0 amide bonds. The number of hydrogen-bond donors (Lipinski definition) is 0. The molecule has 0 bridgehead atoms. The standard InChI is InChI=1S/C14H9N/c1-10-6-7-14-13(8-10)12-5-3-2-4-11(12)9-15-14/h3,5-9H,1H3. The lowest BCUT2D eigenvalue weighted by molar-refractivity contribution is 1.42. The molecule has 15 heavy (non-hydrogen) atoms. The monoisotopic (exact) mass is 191 g/mol. The third-order valence-electron chi connectivity index (χ3n) is 2.61. The van der Waals surface area contributed by atoms with Gasteiger partial charge in [0.25, 0.3) is 0 Å². The van der Waals surface area contributed by atoms with Crippen molar-refractivity contribution in [3.63, 3.8) is 0 Å². The number of benzene rings is 1. The first-order valence-corrected chi connectivity index (χ1v) is 4.92. The van der Waals surface area contributed by atoms with Crippen LogP contribution in [0.4, 0.5) is 0 Å². The molecule has 0 aliphatic rings. The smallest absolute Gasteiger partial charge is 0.0709 e. The molecule has 70 valence electrons. The Morgan fingerprint density at radius 1 is 1.13 bits per heavy atom. The van der Waals surface area contributed by atoms with E-state index in [9.17, 15) is 0 Å². The summed E-state index contributed by atoms with van der Waals surface area (Å²) in [6.45, 7) is 2.09. The number of hydrogen-bond acceptors (Lipinski definition) is 1. The van der Waals surface area contributed by atoms with E-state index >= 15 is 0 Å². The van der Waals surface area contributed by atoms with Crippen molar-refractivity contribution in [3.8, 4) is 0 Å². The zero-order valence-electron chi connectivity index (χ0n) is 8.41. The molecule has 0 aliphatic carbocycles. The van der Waals surface area contributed by atoms with Crippen molar-refractivity contribution in [3.05, 3.63) is 54.2 Å². The lowest BCUT2D eigenvalue weighted by atomic mass is 10.1. The number of aryl methyl sites for hydroxylation is 1. The number of aromatic nitrogens is 1. The van der Waals surface area contributed by atoms with Crippen LogP contribution in [0.3, 0.4) is 0 Å². The van der Waals surface area contributed by atoms with Crippen LogP contribution < -0.4 is 0 Å². The molecule has 1 aromatic heterocycles. The van der Waals surface area contributed by atoms with Crippen LogP contribution in [0.2, 0.25) is 0 Å². The highest BCUT2D eigenvalue weighted by Crippen LogP contribution is 2.22. The summed E-state index contributed by atoms with van der Waals surface area (Å²) in [5.74, 6) is 0. The fourth-order valence-electron chi connectivity index (χ4n) is 1.85. The van der Waals surface area contributed by atoms with E-state index < -0.39 is 0 Å². The van der Waals surface area contributed by atoms with Crippen LogP contribution in [-0.2, 0) is 0 Å². The van der Waals surface area contributed by atoms with E-state index in [1.807, 2.05) is 12.3 Å². The predicted octanol–water partition coefficient (Wildman–Crippen LogP) is 3.30. The summed E-state index contributed by atoms with van der Waals surface area (Å²) in [6.07, 6.45) is 1.85. The lowest BCUT2D eigenvalue weighted by Crippen LogP contribution is -1.82.